The molecular weight excluding hydrogens is 295 g/mol. The first kappa shape index (κ1) is 15.7. The second-order valence-electron chi connectivity index (χ2n) is 6.57. The van der Waals surface area contributed by atoms with Crippen LogP contribution in [0, 0.1) is 11.7 Å². The van der Waals surface area contributed by atoms with Gasteiger partial charge in [0.1, 0.15) is 11.5 Å². The summed E-state index contributed by atoms with van der Waals surface area (Å²) in [4.78, 5) is 14.6. The third-order valence-corrected chi connectivity index (χ3v) is 4.53. The molecule has 0 aliphatic carbocycles. The molecule has 1 aromatic heterocycles. The molecule has 3 rings (SSSR count). The van der Waals surface area contributed by atoms with Crippen molar-refractivity contribution in [2.24, 2.45) is 5.92 Å². The smallest absolute Gasteiger partial charge is 0.292 e. The number of hydrogen-bond donors (Lipinski definition) is 0. The Balaban J connectivity index is 1.82. The SMILES string of the molecule is CC1C[C@H](C)N(C(=O)c2cc(-c3ccc(F)cc3)no2)[C@@H](C)C1. The van der Waals surface area contributed by atoms with Gasteiger partial charge in [-0.1, -0.05) is 12.1 Å². The Labute approximate surface area is 135 Å². The second kappa shape index (κ2) is 6.14. The molecule has 2 heterocycles. The van der Waals surface area contributed by atoms with Gasteiger partial charge in [0.25, 0.3) is 5.91 Å². The van der Waals surface area contributed by atoms with Crippen LogP contribution in [0.2, 0.25) is 0 Å². The Morgan fingerprint density at radius 3 is 2.39 bits per heavy atom. The summed E-state index contributed by atoms with van der Waals surface area (Å²) in [5.74, 6) is 0.419. The number of carbonyl (C=O) groups excluding carboxylic acids is 1. The molecule has 1 amide bonds. The number of likely N-dealkylation sites (tertiary alicyclic amines) is 1. The predicted octanol–water partition coefficient (Wildman–Crippen LogP) is 4.13. The van der Waals surface area contributed by atoms with E-state index in [1.807, 2.05) is 4.90 Å². The lowest BCUT2D eigenvalue weighted by Gasteiger charge is -2.41. The van der Waals surface area contributed by atoms with Crippen molar-refractivity contribution in [1.29, 1.82) is 0 Å². The fourth-order valence-electron chi connectivity index (χ4n) is 3.58. The lowest BCUT2D eigenvalue weighted by atomic mass is 9.88. The summed E-state index contributed by atoms with van der Waals surface area (Å²) in [7, 11) is 0. The molecule has 2 atom stereocenters. The van der Waals surface area contributed by atoms with Crippen LogP contribution >= 0.6 is 0 Å². The maximum absolute atomic E-state index is 13.0. The average molecular weight is 316 g/mol. The van der Waals surface area contributed by atoms with E-state index >= 15 is 0 Å². The number of hydrogen-bond acceptors (Lipinski definition) is 3. The Hall–Kier alpha value is -2.17. The third-order valence-electron chi connectivity index (χ3n) is 4.53. The monoisotopic (exact) mass is 316 g/mol. The standard InChI is InChI=1S/C18H21FN2O2/c1-11-8-12(2)21(13(3)9-11)18(22)17-10-16(20-23-17)14-4-6-15(19)7-5-14/h4-7,10-13H,8-9H2,1-3H3/t12-,13-/m0/s1. The molecule has 0 saturated carbocycles. The highest BCUT2D eigenvalue weighted by Crippen LogP contribution is 2.29. The van der Waals surface area contributed by atoms with E-state index in [0.717, 1.165) is 18.4 Å². The molecule has 2 aromatic rings. The van der Waals surface area contributed by atoms with Gasteiger partial charge in [-0.15, -0.1) is 0 Å². The molecule has 122 valence electrons. The van der Waals surface area contributed by atoms with Crippen molar-refractivity contribution in [3.63, 3.8) is 0 Å². The first-order chi connectivity index (χ1) is 11.0. The molecule has 0 bridgehead atoms. The number of halogens is 1. The molecule has 1 aliphatic heterocycles. The quantitative estimate of drug-likeness (QED) is 0.837. The van der Waals surface area contributed by atoms with Crippen molar-refractivity contribution >= 4 is 5.91 Å². The normalized spacial score (nSPS) is 24.7. The van der Waals surface area contributed by atoms with Crippen molar-refractivity contribution in [2.45, 2.75) is 45.7 Å². The number of amides is 1. The third kappa shape index (κ3) is 3.14. The summed E-state index contributed by atoms with van der Waals surface area (Å²) < 4.78 is 18.2. The largest absolute Gasteiger partial charge is 0.350 e. The summed E-state index contributed by atoms with van der Waals surface area (Å²) in [5.41, 5.74) is 1.27. The molecule has 1 fully saturated rings. The molecular formula is C18H21FN2O2. The van der Waals surface area contributed by atoms with Gasteiger partial charge in [-0.05, 0) is 56.9 Å². The van der Waals surface area contributed by atoms with Crippen molar-refractivity contribution in [1.82, 2.24) is 10.1 Å². The van der Waals surface area contributed by atoms with Gasteiger partial charge in [0.2, 0.25) is 5.76 Å². The molecule has 0 N–H and O–H groups in total. The number of carbonyl (C=O) groups is 1. The van der Waals surface area contributed by atoms with E-state index in [9.17, 15) is 9.18 Å². The van der Waals surface area contributed by atoms with Crippen LogP contribution in [0.1, 0.15) is 44.2 Å². The highest BCUT2D eigenvalue weighted by molar-refractivity contribution is 5.93. The highest BCUT2D eigenvalue weighted by Gasteiger charge is 2.34. The van der Waals surface area contributed by atoms with Crippen LogP contribution in [0.4, 0.5) is 4.39 Å². The van der Waals surface area contributed by atoms with Gasteiger partial charge in [-0.25, -0.2) is 4.39 Å². The minimum Gasteiger partial charge on any atom is -0.350 e. The molecule has 4 nitrogen and oxygen atoms in total. The molecule has 1 aromatic carbocycles. The molecule has 0 unspecified atom stereocenters. The van der Waals surface area contributed by atoms with E-state index in [1.165, 1.54) is 12.1 Å². The maximum Gasteiger partial charge on any atom is 0.292 e. The van der Waals surface area contributed by atoms with E-state index in [4.69, 9.17) is 4.52 Å². The number of benzene rings is 1. The summed E-state index contributed by atoms with van der Waals surface area (Å²) in [6.07, 6.45) is 1.99. The van der Waals surface area contributed by atoms with Crippen molar-refractivity contribution in [2.75, 3.05) is 0 Å². The summed E-state index contributed by atoms with van der Waals surface area (Å²) in [5, 5.41) is 3.95. The number of rotatable bonds is 2. The zero-order valence-electron chi connectivity index (χ0n) is 13.6. The Morgan fingerprint density at radius 2 is 1.78 bits per heavy atom. The van der Waals surface area contributed by atoms with Gasteiger partial charge < -0.3 is 9.42 Å². The molecule has 1 saturated heterocycles. The van der Waals surface area contributed by atoms with Crippen LogP contribution in [0.5, 0.6) is 0 Å². The fraction of sp³-hybridized carbons (Fsp3) is 0.444. The topological polar surface area (TPSA) is 46.3 Å². The Kier molecular flexibility index (Phi) is 4.20. The van der Waals surface area contributed by atoms with Crippen LogP contribution in [0.25, 0.3) is 11.3 Å². The number of nitrogens with zero attached hydrogens (tertiary/aromatic N) is 2. The minimum atomic E-state index is -0.307. The number of piperidine rings is 1. The van der Waals surface area contributed by atoms with Crippen molar-refractivity contribution < 1.29 is 13.7 Å². The first-order valence-electron chi connectivity index (χ1n) is 8.01. The first-order valence-corrected chi connectivity index (χ1v) is 8.01. The van der Waals surface area contributed by atoms with Gasteiger partial charge >= 0.3 is 0 Å². The molecule has 0 spiro atoms. The summed E-state index contributed by atoms with van der Waals surface area (Å²) in [6.45, 7) is 6.36. The van der Waals surface area contributed by atoms with Crippen LogP contribution in [0.15, 0.2) is 34.9 Å². The molecule has 1 aliphatic rings. The lowest BCUT2D eigenvalue weighted by molar-refractivity contribution is 0.0394. The molecule has 5 heteroatoms. The molecule has 23 heavy (non-hydrogen) atoms. The lowest BCUT2D eigenvalue weighted by Crippen LogP contribution is -2.49. The average Bonchev–Trinajstić information content (AvgIpc) is 2.96. The van der Waals surface area contributed by atoms with Crippen molar-refractivity contribution in [3.05, 3.63) is 41.9 Å². The van der Waals surface area contributed by atoms with Crippen molar-refractivity contribution in [3.8, 4) is 11.3 Å². The predicted molar refractivity (Wildman–Crippen MR) is 85.4 cm³/mol. The van der Waals surface area contributed by atoms with E-state index in [2.05, 4.69) is 25.9 Å². The van der Waals surface area contributed by atoms with Crippen LogP contribution < -0.4 is 0 Å². The summed E-state index contributed by atoms with van der Waals surface area (Å²) >= 11 is 0. The Morgan fingerprint density at radius 1 is 1.17 bits per heavy atom. The highest BCUT2D eigenvalue weighted by atomic mass is 19.1. The summed E-state index contributed by atoms with van der Waals surface area (Å²) in [6, 6.07) is 7.96. The van der Waals surface area contributed by atoms with Gasteiger partial charge in [0.05, 0.1) is 0 Å². The van der Waals surface area contributed by atoms with E-state index < -0.39 is 0 Å². The van der Waals surface area contributed by atoms with E-state index in [0.29, 0.717) is 11.6 Å². The van der Waals surface area contributed by atoms with Crippen LogP contribution in [-0.4, -0.2) is 28.0 Å². The van der Waals surface area contributed by atoms with Gasteiger partial charge in [0.15, 0.2) is 0 Å². The van der Waals surface area contributed by atoms with E-state index in [-0.39, 0.29) is 29.6 Å². The molecule has 0 radical (unpaired) electrons. The van der Waals surface area contributed by atoms with E-state index in [1.54, 1.807) is 18.2 Å². The zero-order valence-corrected chi connectivity index (χ0v) is 13.6. The number of aromatic nitrogens is 1. The minimum absolute atomic E-state index is 0.127. The Bertz CT molecular complexity index is 683. The van der Waals surface area contributed by atoms with Gasteiger partial charge in [0, 0.05) is 23.7 Å². The van der Waals surface area contributed by atoms with Crippen LogP contribution in [-0.2, 0) is 0 Å². The van der Waals surface area contributed by atoms with Crippen LogP contribution in [0.3, 0.4) is 0 Å². The fourth-order valence-corrected chi connectivity index (χ4v) is 3.58. The van der Waals surface area contributed by atoms with Gasteiger partial charge in [-0.2, -0.15) is 0 Å². The van der Waals surface area contributed by atoms with Gasteiger partial charge in [-0.3, -0.25) is 4.79 Å². The zero-order chi connectivity index (χ0) is 16.6. The maximum atomic E-state index is 13.0. The second-order valence-corrected chi connectivity index (χ2v) is 6.57.